The van der Waals surface area contributed by atoms with Gasteiger partial charge in [0.15, 0.2) is 0 Å². The standard InChI is InChI=1S/C22H25N5O2/c1-26-13-5-6-16(14-26)27-21(23)19(22(24)28)20(25-27)15-9-11-18(12-10-15)29-17-7-3-2-4-8-17/h2-4,7-12,16H,5-6,13-14,23H2,1H3,(H2,24,28). The molecule has 7 heteroatoms. The molecule has 1 fully saturated rings. The number of ether oxygens (including phenoxy) is 1. The van der Waals surface area contributed by atoms with E-state index in [2.05, 4.69) is 11.9 Å². The zero-order valence-electron chi connectivity index (χ0n) is 16.4. The van der Waals surface area contributed by atoms with Crippen LogP contribution < -0.4 is 16.2 Å². The number of hydrogen-bond donors (Lipinski definition) is 2. The molecule has 1 aliphatic heterocycles. The summed E-state index contributed by atoms with van der Waals surface area (Å²) in [6.45, 7) is 1.89. The van der Waals surface area contributed by atoms with E-state index in [9.17, 15) is 4.79 Å². The zero-order chi connectivity index (χ0) is 20.4. The summed E-state index contributed by atoms with van der Waals surface area (Å²) in [5.41, 5.74) is 13.5. The fourth-order valence-corrected chi connectivity index (χ4v) is 3.82. The van der Waals surface area contributed by atoms with Gasteiger partial charge in [-0.2, -0.15) is 5.10 Å². The highest BCUT2D eigenvalue weighted by atomic mass is 16.5. The number of carbonyl (C=O) groups is 1. The van der Waals surface area contributed by atoms with Crippen LogP contribution in [-0.2, 0) is 0 Å². The Morgan fingerprint density at radius 3 is 2.45 bits per heavy atom. The number of carbonyl (C=O) groups excluding carboxylic acids is 1. The first kappa shape index (κ1) is 19.0. The van der Waals surface area contributed by atoms with Crippen LogP contribution in [-0.4, -0.2) is 40.7 Å². The molecule has 0 bridgehead atoms. The van der Waals surface area contributed by atoms with Gasteiger partial charge in [0.25, 0.3) is 5.91 Å². The van der Waals surface area contributed by atoms with E-state index in [0.717, 1.165) is 37.2 Å². The molecule has 1 aliphatic rings. The number of hydrogen-bond acceptors (Lipinski definition) is 5. The lowest BCUT2D eigenvalue weighted by Gasteiger charge is -2.30. The minimum absolute atomic E-state index is 0.126. The van der Waals surface area contributed by atoms with Crippen LogP contribution in [0.15, 0.2) is 54.6 Å². The van der Waals surface area contributed by atoms with Gasteiger partial charge < -0.3 is 21.1 Å². The van der Waals surface area contributed by atoms with Crippen molar-refractivity contribution in [1.82, 2.24) is 14.7 Å². The lowest BCUT2D eigenvalue weighted by atomic mass is 10.1. The number of benzene rings is 2. The Hall–Kier alpha value is -3.32. The van der Waals surface area contributed by atoms with Gasteiger partial charge in [0.05, 0.1) is 6.04 Å². The van der Waals surface area contributed by atoms with E-state index in [-0.39, 0.29) is 11.6 Å². The number of piperidine rings is 1. The van der Waals surface area contributed by atoms with Gasteiger partial charge in [-0.3, -0.25) is 4.79 Å². The number of likely N-dealkylation sites (tertiary alicyclic amines) is 1. The second-order valence-corrected chi connectivity index (χ2v) is 7.42. The van der Waals surface area contributed by atoms with E-state index >= 15 is 0 Å². The zero-order valence-corrected chi connectivity index (χ0v) is 16.4. The lowest BCUT2D eigenvalue weighted by Crippen LogP contribution is -2.34. The maximum Gasteiger partial charge on any atom is 0.254 e. The van der Waals surface area contributed by atoms with Gasteiger partial charge in [0, 0.05) is 12.1 Å². The molecule has 2 heterocycles. The summed E-state index contributed by atoms with van der Waals surface area (Å²) in [5.74, 6) is 1.21. The average Bonchev–Trinajstić information content (AvgIpc) is 3.07. The van der Waals surface area contributed by atoms with Gasteiger partial charge in [0.1, 0.15) is 28.6 Å². The molecular weight excluding hydrogens is 366 g/mol. The van der Waals surface area contributed by atoms with Crippen molar-refractivity contribution in [3.8, 4) is 22.8 Å². The van der Waals surface area contributed by atoms with Crippen molar-refractivity contribution in [3.05, 3.63) is 60.2 Å². The molecule has 7 nitrogen and oxygen atoms in total. The van der Waals surface area contributed by atoms with Gasteiger partial charge >= 0.3 is 0 Å². The Bertz CT molecular complexity index is 998. The van der Waals surface area contributed by atoms with Gasteiger partial charge in [-0.25, -0.2) is 4.68 Å². The molecule has 1 amide bonds. The number of rotatable bonds is 5. The van der Waals surface area contributed by atoms with Crippen molar-refractivity contribution in [1.29, 1.82) is 0 Å². The molecule has 2 aromatic carbocycles. The lowest BCUT2D eigenvalue weighted by molar-refractivity contribution is 0.100. The van der Waals surface area contributed by atoms with E-state index in [0.29, 0.717) is 17.3 Å². The van der Waals surface area contributed by atoms with E-state index in [1.54, 1.807) is 4.68 Å². The molecule has 0 spiro atoms. The van der Waals surface area contributed by atoms with Crippen LogP contribution in [0, 0.1) is 0 Å². The second-order valence-electron chi connectivity index (χ2n) is 7.42. The van der Waals surface area contributed by atoms with Gasteiger partial charge in [-0.1, -0.05) is 18.2 Å². The molecule has 0 radical (unpaired) electrons. The molecule has 0 aliphatic carbocycles. The molecule has 1 atom stereocenters. The normalized spacial score (nSPS) is 17.2. The summed E-state index contributed by atoms with van der Waals surface area (Å²) in [5, 5.41) is 4.70. The highest BCUT2D eigenvalue weighted by Crippen LogP contribution is 2.33. The quantitative estimate of drug-likeness (QED) is 0.695. The third-order valence-electron chi connectivity index (χ3n) is 5.25. The Balaban J connectivity index is 1.65. The monoisotopic (exact) mass is 391 g/mol. The molecule has 1 aromatic heterocycles. The Kier molecular flexibility index (Phi) is 5.22. The molecule has 150 valence electrons. The Morgan fingerprint density at radius 2 is 1.79 bits per heavy atom. The smallest absolute Gasteiger partial charge is 0.254 e. The topological polar surface area (TPSA) is 99.4 Å². The van der Waals surface area contributed by atoms with Crippen molar-refractivity contribution >= 4 is 11.7 Å². The number of anilines is 1. The van der Waals surface area contributed by atoms with Crippen molar-refractivity contribution in [2.24, 2.45) is 5.73 Å². The van der Waals surface area contributed by atoms with Crippen LogP contribution >= 0.6 is 0 Å². The van der Waals surface area contributed by atoms with E-state index < -0.39 is 5.91 Å². The summed E-state index contributed by atoms with van der Waals surface area (Å²) >= 11 is 0. The predicted octanol–water partition coefficient (Wildman–Crippen LogP) is 3.29. The number of amides is 1. The van der Waals surface area contributed by atoms with Crippen molar-refractivity contribution in [2.45, 2.75) is 18.9 Å². The highest BCUT2D eigenvalue weighted by Gasteiger charge is 2.27. The van der Waals surface area contributed by atoms with E-state index in [1.165, 1.54) is 0 Å². The molecule has 0 saturated carbocycles. The fraction of sp³-hybridized carbons (Fsp3) is 0.273. The molecule has 29 heavy (non-hydrogen) atoms. The number of para-hydroxylation sites is 1. The van der Waals surface area contributed by atoms with Crippen LogP contribution in [0.5, 0.6) is 11.5 Å². The first-order valence-electron chi connectivity index (χ1n) is 9.72. The fourth-order valence-electron chi connectivity index (χ4n) is 3.82. The third-order valence-corrected chi connectivity index (χ3v) is 5.25. The minimum atomic E-state index is -0.572. The minimum Gasteiger partial charge on any atom is -0.457 e. The summed E-state index contributed by atoms with van der Waals surface area (Å²) in [7, 11) is 2.08. The number of primary amides is 1. The third kappa shape index (κ3) is 3.95. The number of likely N-dealkylation sites (N-methyl/N-ethyl adjacent to an activating group) is 1. The molecule has 4 rings (SSSR count). The second kappa shape index (κ2) is 7.97. The average molecular weight is 391 g/mol. The summed E-state index contributed by atoms with van der Waals surface area (Å²) < 4.78 is 7.60. The number of nitrogen functional groups attached to an aromatic ring is 1. The van der Waals surface area contributed by atoms with Crippen LogP contribution in [0.2, 0.25) is 0 Å². The van der Waals surface area contributed by atoms with Crippen LogP contribution in [0.3, 0.4) is 0 Å². The van der Waals surface area contributed by atoms with Crippen molar-refractivity contribution < 1.29 is 9.53 Å². The first-order chi connectivity index (χ1) is 14.0. The number of nitrogens with zero attached hydrogens (tertiary/aromatic N) is 3. The van der Waals surface area contributed by atoms with Crippen molar-refractivity contribution in [3.63, 3.8) is 0 Å². The molecule has 3 aromatic rings. The highest BCUT2D eigenvalue weighted by molar-refractivity contribution is 6.03. The van der Waals surface area contributed by atoms with Gasteiger partial charge in [0.2, 0.25) is 0 Å². The Morgan fingerprint density at radius 1 is 1.10 bits per heavy atom. The maximum atomic E-state index is 12.1. The molecular formula is C22H25N5O2. The number of nitrogens with two attached hydrogens (primary N) is 2. The summed E-state index contributed by atoms with van der Waals surface area (Å²) in [6.07, 6.45) is 2.03. The van der Waals surface area contributed by atoms with Crippen LogP contribution in [0.1, 0.15) is 29.2 Å². The SMILES string of the molecule is CN1CCCC(n2nc(-c3ccc(Oc4ccccc4)cc3)c(C(N)=O)c2N)C1. The van der Waals surface area contributed by atoms with Crippen molar-refractivity contribution in [2.75, 3.05) is 25.9 Å². The van der Waals surface area contributed by atoms with Crippen LogP contribution in [0.4, 0.5) is 5.82 Å². The molecule has 1 saturated heterocycles. The molecule has 1 unspecified atom stereocenters. The molecule has 4 N–H and O–H groups in total. The van der Waals surface area contributed by atoms with E-state index in [1.807, 2.05) is 54.6 Å². The Labute approximate surface area is 169 Å². The summed E-state index contributed by atoms with van der Waals surface area (Å²) in [4.78, 5) is 14.4. The maximum absolute atomic E-state index is 12.1. The summed E-state index contributed by atoms with van der Waals surface area (Å²) in [6, 6.07) is 17.1. The van der Waals surface area contributed by atoms with Crippen LogP contribution in [0.25, 0.3) is 11.3 Å². The first-order valence-corrected chi connectivity index (χ1v) is 9.72. The van der Waals surface area contributed by atoms with Gasteiger partial charge in [-0.15, -0.1) is 0 Å². The predicted molar refractivity (Wildman–Crippen MR) is 113 cm³/mol. The largest absolute Gasteiger partial charge is 0.457 e. The number of aromatic nitrogens is 2. The van der Waals surface area contributed by atoms with Gasteiger partial charge in [-0.05, 0) is 62.8 Å². The van der Waals surface area contributed by atoms with E-state index in [4.69, 9.17) is 21.3 Å².